The molecule has 4 nitrogen and oxygen atoms in total. The molecule has 0 aromatic rings. The molecule has 0 heterocycles. The molecule has 0 bridgehead atoms. The van der Waals surface area contributed by atoms with Crippen molar-refractivity contribution in [2.24, 2.45) is 11.7 Å². The van der Waals surface area contributed by atoms with Gasteiger partial charge in [-0.05, 0) is 19.4 Å². The summed E-state index contributed by atoms with van der Waals surface area (Å²) in [6.45, 7) is 6.10. The van der Waals surface area contributed by atoms with E-state index in [-0.39, 0.29) is 11.8 Å². The SMILES string of the molecule is CCN(CC(=O)NC1CCCCC1)CC(C)C(N)=S. The van der Waals surface area contributed by atoms with E-state index in [1.54, 1.807) is 0 Å². The number of nitrogens with one attached hydrogen (secondary N) is 1. The summed E-state index contributed by atoms with van der Waals surface area (Å²) in [5.41, 5.74) is 5.62. The average molecular weight is 285 g/mol. The first-order valence-electron chi connectivity index (χ1n) is 7.34. The van der Waals surface area contributed by atoms with Gasteiger partial charge in [0, 0.05) is 18.5 Å². The Kier molecular flexibility index (Phi) is 7.31. The number of rotatable bonds is 7. The zero-order chi connectivity index (χ0) is 14.3. The van der Waals surface area contributed by atoms with E-state index in [0.717, 1.165) is 25.9 Å². The third kappa shape index (κ3) is 6.34. The first-order chi connectivity index (χ1) is 9.02. The van der Waals surface area contributed by atoms with Crippen LogP contribution in [-0.2, 0) is 4.79 Å². The van der Waals surface area contributed by atoms with Crippen molar-refractivity contribution in [1.82, 2.24) is 10.2 Å². The maximum absolute atomic E-state index is 12.0. The second-order valence-corrected chi connectivity index (χ2v) is 6.01. The maximum Gasteiger partial charge on any atom is 0.234 e. The van der Waals surface area contributed by atoms with Gasteiger partial charge >= 0.3 is 0 Å². The Hall–Kier alpha value is -0.680. The van der Waals surface area contributed by atoms with Crippen LogP contribution < -0.4 is 11.1 Å². The van der Waals surface area contributed by atoms with Gasteiger partial charge < -0.3 is 11.1 Å². The number of hydrogen-bond donors (Lipinski definition) is 2. The third-order valence-electron chi connectivity index (χ3n) is 3.80. The summed E-state index contributed by atoms with van der Waals surface area (Å²) in [7, 11) is 0. The average Bonchev–Trinajstić information content (AvgIpc) is 2.38. The van der Waals surface area contributed by atoms with Gasteiger partial charge in [0.2, 0.25) is 5.91 Å². The Morgan fingerprint density at radius 3 is 2.58 bits per heavy atom. The predicted molar refractivity (Wildman–Crippen MR) is 83.1 cm³/mol. The minimum Gasteiger partial charge on any atom is -0.393 e. The van der Waals surface area contributed by atoms with Crippen molar-refractivity contribution < 1.29 is 4.79 Å². The number of likely N-dealkylation sites (N-methyl/N-ethyl adjacent to an activating group) is 1. The Bertz CT molecular complexity index is 303. The number of amides is 1. The summed E-state index contributed by atoms with van der Waals surface area (Å²) in [4.78, 5) is 14.6. The van der Waals surface area contributed by atoms with Gasteiger partial charge in [0.1, 0.15) is 0 Å². The largest absolute Gasteiger partial charge is 0.393 e. The van der Waals surface area contributed by atoms with Gasteiger partial charge in [-0.2, -0.15) is 0 Å². The molecule has 1 rings (SSSR count). The molecule has 110 valence electrons. The molecule has 1 saturated carbocycles. The number of nitrogens with zero attached hydrogens (tertiary/aromatic N) is 1. The highest BCUT2D eigenvalue weighted by atomic mass is 32.1. The van der Waals surface area contributed by atoms with E-state index in [4.69, 9.17) is 18.0 Å². The number of carbonyl (C=O) groups is 1. The van der Waals surface area contributed by atoms with Crippen molar-refractivity contribution in [3.63, 3.8) is 0 Å². The fraction of sp³-hybridized carbons (Fsp3) is 0.857. The lowest BCUT2D eigenvalue weighted by Gasteiger charge is -2.26. The Labute approximate surface area is 122 Å². The molecular weight excluding hydrogens is 258 g/mol. The molecule has 1 fully saturated rings. The number of carbonyl (C=O) groups excluding carboxylic acids is 1. The normalized spacial score (nSPS) is 18.3. The van der Waals surface area contributed by atoms with Crippen molar-refractivity contribution in [2.45, 2.75) is 52.0 Å². The summed E-state index contributed by atoms with van der Waals surface area (Å²) in [6, 6.07) is 0.382. The monoisotopic (exact) mass is 285 g/mol. The van der Waals surface area contributed by atoms with Crippen molar-refractivity contribution in [3.8, 4) is 0 Å². The van der Waals surface area contributed by atoms with Crippen molar-refractivity contribution >= 4 is 23.1 Å². The van der Waals surface area contributed by atoms with Crippen LogP contribution >= 0.6 is 12.2 Å². The zero-order valence-corrected chi connectivity index (χ0v) is 13.0. The van der Waals surface area contributed by atoms with Crippen LogP contribution in [0.5, 0.6) is 0 Å². The van der Waals surface area contributed by atoms with Gasteiger partial charge in [-0.1, -0.05) is 45.3 Å². The second-order valence-electron chi connectivity index (χ2n) is 5.53. The summed E-state index contributed by atoms with van der Waals surface area (Å²) in [6.07, 6.45) is 6.03. The van der Waals surface area contributed by atoms with Crippen LogP contribution in [0, 0.1) is 5.92 Å². The standard InChI is InChI=1S/C14H27N3OS/c1-3-17(9-11(2)14(15)19)10-13(18)16-12-7-5-4-6-8-12/h11-12H,3-10H2,1-2H3,(H2,15,19)(H,16,18). The van der Waals surface area contributed by atoms with Gasteiger partial charge in [0.05, 0.1) is 11.5 Å². The molecule has 5 heteroatoms. The highest BCUT2D eigenvalue weighted by Crippen LogP contribution is 2.17. The van der Waals surface area contributed by atoms with E-state index in [1.807, 2.05) is 6.92 Å². The van der Waals surface area contributed by atoms with E-state index in [1.165, 1.54) is 19.3 Å². The van der Waals surface area contributed by atoms with E-state index in [9.17, 15) is 4.79 Å². The quantitative estimate of drug-likeness (QED) is 0.699. The first-order valence-corrected chi connectivity index (χ1v) is 7.74. The Morgan fingerprint density at radius 1 is 1.42 bits per heavy atom. The van der Waals surface area contributed by atoms with E-state index < -0.39 is 0 Å². The summed E-state index contributed by atoms with van der Waals surface area (Å²) >= 11 is 4.98. The summed E-state index contributed by atoms with van der Waals surface area (Å²) in [5.74, 6) is 0.279. The second kappa shape index (κ2) is 8.48. The van der Waals surface area contributed by atoms with Crippen molar-refractivity contribution in [3.05, 3.63) is 0 Å². The zero-order valence-electron chi connectivity index (χ0n) is 12.2. The molecule has 19 heavy (non-hydrogen) atoms. The minimum atomic E-state index is 0.129. The van der Waals surface area contributed by atoms with Crippen LogP contribution in [0.2, 0.25) is 0 Å². The lowest BCUT2D eigenvalue weighted by atomic mass is 9.95. The predicted octanol–water partition coefficient (Wildman–Crippen LogP) is 1.68. The number of hydrogen-bond acceptors (Lipinski definition) is 3. The van der Waals surface area contributed by atoms with Gasteiger partial charge in [0.15, 0.2) is 0 Å². The van der Waals surface area contributed by atoms with E-state index in [2.05, 4.69) is 17.1 Å². The topological polar surface area (TPSA) is 58.4 Å². The van der Waals surface area contributed by atoms with Crippen LogP contribution in [0.4, 0.5) is 0 Å². The molecule has 0 saturated heterocycles. The van der Waals surface area contributed by atoms with Gasteiger partial charge in [-0.3, -0.25) is 9.69 Å². The molecule has 0 radical (unpaired) electrons. The molecule has 3 N–H and O–H groups in total. The summed E-state index contributed by atoms with van der Waals surface area (Å²) < 4.78 is 0. The lowest BCUT2D eigenvalue weighted by Crippen LogP contribution is -2.44. The number of nitrogens with two attached hydrogens (primary N) is 1. The van der Waals surface area contributed by atoms with Gasteiger partial charge in [-0.25, -0.2) is 0 Å². The highest BCUT2D eigenvalue weighted by Gasteiger charge is 2.18. The maximum atomic E-state index is 12.0. The van der Waals surface area contributed by atoms with Crippen LogP contribution in [-0.4, -0.2) is 41.5 Å². The summed E-state index contributed by atoms with van der Waals surface area (Å²) in [5, 5.41) is 3.14. The van der Waals surface area contributed by atoms with Crippen LogP contribution in [0.1, 0.15) is 46.0 Å². The molecular formula is C14H27N3OS. The molecule has 0 aliphatic heterocycles. The van der Waals surface area contributed by atoms with Gasteiger partial charge in [0.25, 0.3) is 0 Å². The van der Waals surface area contributed by atoms with Crippen LogP contribution in [0.15, 0.2) is 0 Å². The smallest absolute Gasteiger partial charge is 0.234 e. The van der Waals surface area contributed by atoms with Crippen LogP contribution in [0.25, 0.3) is 0 Å². The van der Waals surface area contributed by atoms with E-state index >= 15 is 0 Å². The van der Waals surface area contributed by atoms with Gasteiger partial charge in [-0.15, -0.1) is 0 Å². The molecule has 0 aromatic carbocycles. The fourth-order valence-corrected chi connectivity index (χ4v) is 2.58. The van der Waals surface area contributed by atoms with Crippen LogP contribution in [0.3, 0.4) is 0 Å². The minimum absolute atomic E-state index is 0.129. The molecule has 1 unspecified atom stereocenters. The van der Waals surface area contributed by atoms with Crippen molar-refractivity contribution in [2.75, 3.05) is 19.6 Å². The molecule has 0 spiro atoms. The van der Waals surface area contributed by atoms with E-state index in [0.29, 0.717) is 17.6 Å². The highest BCUT2D eigenvalue weighted by molar-refractivity contribution is 7.80. The van der Waals surface area contributed by atoms with Crippen molar-refractivity contribution in [1.29, 1.82) is 0 Å². The molecule has 1 amide bonds. The Morgan fingerprint density at radius 2 is 2.05 bits per heavy atom. The molecule has 0 aromatic heterocycles. The molecule has 1 aliphatic rings. The lowest BCUT2D eigenvalue weighted by molar-refractivity contribution is -0.123. The fourth-order valence-electron chi connectivity index (χ4n) is 2.51. The molecule has 1 aliphatic carbocycles. The number of thiocarbonyl (C=S) groups is 1. The third-order valence-corrected chi connectivity index (χ3v) is 4.20. The molecule has 1 atom stereocenters. The Balaban J connectivity index is 2.33. The first kappa shape index (κ1) is 16.4.